The largest absolute Gasteiger partial charge is 0.454 e. The molecule has 1 aromatic heterocycles. The van der Waals surface area contributed by atoms with Gasteiger partial charge in [-0.25, -0.2) is 4.79 Å². The number of halogens is 1. The second-order valence-electron chi connectivity index (χ2n) is 6.21. The van der Waals surface area contributed by atoms with Crippen molar-refractivity contribution < 1.29 is 24.0 Å². The number of Topliss-reactive ketones (excluding diaryl/α,β-unsaturated/α-hetero) is 1. The molecule has 2 aromatic rings. The monoisotopic (exact) mass is 408 g/mol. The van der Waals surface area contributed by atoms with E-state index in [9.17, 15) is 19.7 Å². The van der Waals surface area contributed by atoms with Crippen molar-refractivity contribution >= 4 is 29.0 Å². The molecule has 0 saturated heterocycles. The van der Waals surface area contributed by atoms with Crippen LogP contribution < -0.4 is 0 Å². The van der Waals surface area contributed by atoms with Gasteiger partial charge in [-0.05, 0) is 38.5 Å². The van der Waals surface area contributed by atoms with Gasteiger partial charge in [0.25, 0.3) is 5.69 Å². The number of methoxy groups -OCH3 is 1. The molecule has 0 radical (unpaired) electrons. The van der Waals surface area contributed by atoms with Gasteiger partial charge >= 0.3 is 5.97 Å². The van der Waals surface area contributed by atoms with Crippen molar-refractivity contribution in [2.75, 3.05) is 20.3 Å². The van der Waals surface area contributed by atoms with Crippen molar-refractivity contribution in [2.24, 2.45) is 0 Å². The van der Waals surface area contributed by atoms with Crippen molar-refractivity contribution in [1.29, 1.82) is 0 Å². The van der Waals surface area contributed by atoms with Crippen LogP contribution in [0.3, 0.4) is 0 Å². The maximum atomic E-state index is 12.5. The van der Waals surface area contributed by atoms with E-state index in [1.807, 2.05) is 18.4 Å². The van der Waals surface area contributed by atoms with Gasteiger partial charge in [0, 0.05) is 43.3 Å². The second-order valence-corrected chi connectivity index (χ2v) is 6.61. The van der Waals surface area contributed by atoms with Gasteiger partial charge < -0.3 is 14.0 Å². The summed E-state index contributed by atoms with van der Waals surface area (Å²) in [5.41, 5.74) is 1.74. The number of hydrogen-bond donors (Lipinski definition) is 0. The number of aromatic nitrogens is 1. The third-order valence-corrected chi connectivity index (χ3v) is 4.64. The molecule has 1 heterocycles. The number of benzene rings is 1. The maximum absolute atomic E-state index is 12.5. The lowest BCUT2D eigenvalue weighted by Crippen LogP contribution is -2.15. The van der Waals surface area contributed by atoms with Crippen LogP contribution in [0.1, 0.15) is 38.5 Å². The molecule has 0 atom stereocenters. The molecular weight excluding hydrogens is 388 g/mol. The fraction of sp³-hybridized carbons (Fsp3) is 0.368. The summed E-state index contributed by atoms with van der Waals surface area (Å²) in [5.74, 6) is -1.18. The first-order chi connectivity index (χ1) is 13.3. The summed E-state index contributed by atoms with van der Waals surface area (Å²) in [7, 11) is 1.63. The number of nitro benzene ring substituents is 1. The number of nitro groups is 1. The van der Waals surface area contributed by atoms with Gasteiger partial charge in [-0.2, -0.15) is 0 Å². The molecule has 28 heavy (non-hydrogen) atoms. The minimum Gasteiger partial charge on any atom is -0.454 e. The number of ether oxygens (including phenoxy) is 2. The summed E-state index contributed by atoms with van der Waals surface area (Å²) in [6.45, 7) is 4.60. The van der Waals surface area contributed by atoms with Crippen molar-refractivity contribution in [2.45, 2.75) is 26.8 Å². The summed E-state index contributed by atoms with van der Waals surface area (Å²) in [4.78, 5) is 34.8. The molecule has 0 aliphatic heterocycles. The Morgan fingerprint density at radius 2 is 1.96 bits per heavy atom. The number of carbonyl (C=O) groups excluding carboxylic acids is 2. The first-order valence-corrected chi connectivity index (χ1v) is 8.94. The Labute approximate surface area is 167 Å². The van der Waals surface area contributed by atoms with Crippen LogP contribution in [0, 0.1) is 24.0 Å². The molecule has 1 aromatic carbocycles. The highest BCUT2D eigenvalue weighted by Crippen LogP contribution is 2.25. The Bertz CT molecular complexity index is 906. The standard InChI is InChI=1S/C19H21ClN2O6/c1-12-9-15(13(2)21(12)7-4-8-27-3)18(23)11-28-19(24)14-5-6-16(20)17(10-14)22(25)26/h5-6,9-10H,4,7-8,11H2,1-3H3. The summed E-state index contributed by atoms with van der Waals surface area (Å²) < 4.78 is 12.1. The minimum atomic E-state index is -0.831. The Morgan fingerprint density at radius 3 is 2.61 bits per heavy atom. The highest BCUT2D eigenvalue weighted by atomic mass is 35.5. The predicted molar refractivity (Wildman–Crippen MR) is 103 cm³/mol. The number of esters is 1. The van der Waals surface area contributed by atoms with Gasteiger partial charge in [0.2, 0.25) is 5.78 Å². The Kier molecular flexibility index (Phi) is 7.31. The quantitative estimate of drug-likeness (QED) is 0.206. The van der Waals surface area contributed by atoms with Crippen LogP contribution in [0.5, 0.6) is 0 Å². The third kappa shape index (κ3) is 4.96. The number of ketones is 1. The topological polar surface area (TPSA) is 101 Å². The zero-order chi connectivity index (χ0) is 20.8. The van der Waals surface area contributed by atoms with Crippen molar-refractivity contribution in [3.63, 3.8) is 0 Å². The smallest absolute Gasteiger partial charge is 0.338 e. The van der Waals surface area contributed by atoms with E-state index in [2.05, 4.69) is 0 Å². The molecule has 0 N–H and O–H groups in total. The van der Waals surface area contributed by atoms with Crippen LogP contribution in [0.25, 0.3) is 0 Å². The number of aryl methyl sites for hydroxylation is 1. The molecule has 0 aliphatic rings. The molecule has 0 spiro atoms. The number of hydrogen-bond acceptors (Lipinski definition) is 6. The number of carbonyl (C=O) groups is 2. The summed E-state index contributed by atoms with van der Waals surface area (Å²) in [6, 6.07) is 5.33. The molecule has 0 bridgehead atoms. The van der Waals surface area contributed by atoms with Crippen LogP contribution in [-0.4, -0.2) is 41.6 Å². The Balaban J connectivity index is 2.06. The van der Waals surface area contributed by atoms with E-state index < -0.39 is 23.2 Å². The summed E-state index contributed by atoms with van der Waals surface area (Å²) >= 11 is 5.73. The van der Waals surface area contributed by atoms with Crippen molar-refractivity contribution in [1.82, 2.24) is 4.57 Å². The molecule has 0 amide bonds. The molecule has 0 aliphatic carbocycles. The van der Waals surface area contributed by atoms with E-state index in [0.717, 1.165) is 23.9 Å². The molecule has 9 heteroatoms. The summed E-state index contributed by atoms with van der Waals surface area (Å²) in [5, 5.41) is 10.8. The van der Waals surface area contributed by atoms with Gasteiger partial charge in [-0.3, -0.25) is 14.9 Å². The lowest BCUT2D eigenvalue weighted by Gasteiger charge is -2.09. The van der Waals surface area contributed by atoms with E-state index in [1.54, 1.807) is 13.2 Å². The Hall–Kier alpha value is -2.71. The van der Waals surface area contributed by atoms with Gasteiger partial charge in [0.15, 0.2) is 6.61 Å². The second kappa shape index (κ2) is 9.48. The van der Waals surface area contributed by atoms with Gasteiger partial charge in [-0.1, -0.05) is 11.6 Å². The van der Waals surface area contributed by atoms with Crippen LogP contribution in [0.2, 0.25) is 5.02 Å². The van der Waals surface area contributed by atoms with Crippen LogP contribution >= 0.6 is 11.6 Å². The average Bonchev–Trinajstić information content (AvgIpc) is 2.94. The highest BCUT2D eigenvalue weighted by Gasteiger charge is 2.20. The lowest BCUT2D eigenvalue weighted by molar-refractivity contribution is -0.384. The highest BCUT2D eigenvalue weighted by molar-refractivity contribution is 6.32. The lowest BCUT2D eigenvalue weighted by atomic mass is 10.1. The zero-order valence-electron chi connectivity index (χ0n) is 15.9. The summed E-state index contributed by atoms with van der Waals surface area (Å²) in [6.07, 6.45) is 0.810. The normalized spacial score (nSPS) is 10.7. The van der Waals surface area contributed by atoms with E-state index in [4.69, 9.17) is 21.1 Å². The molecule has 150 valence electrons. The van der Waals surface area contributed by atoms with E-state index in [-0.39, 0.29) is 16.4 Å². The molecule has 2 rings (SSSR count). The van der Waals surface area contributed by atoms with Gasteiger partial charge in [-0.15, -0.1) is 0 Å². The van der Waals surface area contributed by atoms with Gasteiger partial charge in [0.05, 0.1) is 10.5 Å². The van der Waals surface area contributed by atoms with Crippen LogP contribution in [0.15, 0.2) is 24.3 Å². The van der Waals surface area contributed by atoms with Crippen molar-refractivity contribution in [3.8, 4) is 0 Å². The maximum Gasteiger partial charge on any atom is 0.338 e. The molecule has 0 saturated carbocycles. The fourth-order valence-corrected chi connectivity index (χ4v) is 3.05. The van der Waals surface area contributed by atoms with Crippen molar-refractivity contribution in [3.05, 3.63) is 61.9 Å². The van der Waals surface area contributed by atoms with E-state index >= 15 is 0 Å². The molecular formula is C19H21ClN2O6. The Morgan fingerprint density at radius 1 is 1.25 bits per heavy atom. The fourth-order valence-electron chi connectivity index (χ4n) is 2.87. The first-order valence-electron chi connectivity index (χ1n) is 8.56. The minimum absolute atomic E-state index is 0.0473. The zero-order valence-corrected chi connectivity index (χ0v) is 16.6. The predicted octanol–water partition coefficient (Wildman–Crippen LogP) is 3.74. The SMILES string of the molecule is COCCCn1c(C)cc(C(=O)COC(=O)c2ccc(Cl)c([N+](=O)[O-])c2)c1C. The number of nitrogens with zero attached hydrogens (tertiary/aromatic N) is 2. The third-order valence-electron chi connectivity index (χ3n) is 4.32. The van der Waals surface area contributed by atoms with E-state index in [0.29, 0.717) is 18.7 Å². The number of rotatable bonds is 9. The molecule has 8 nitrogen and oxygen atoms in total. The van der Waals surface area contributed by atoms with E-state index in [1.165, 1.54) is 12.1 Å². The first kappa shape index (κ1) is 21.6. The average molecular weight is 409 g/mol. The molecule has 0 unspecified atom stereocenters. The molecule has 0 fully saturated rings. The van der Waals surface area contributed by atoms with Crippen LogP contribution in [0.4, 0.5) is 5.69 Å². The van der Waals surface area contributed by atoms with Gasteiger partial charge in [0.1, 0.15) is 5.02 Å². The van der Waals surface area contributed by atoms with Crippen LogP contribution in [-0.2, 0) is 16.0 Å².